The van der Waals surface area contributed by atoms with Gasteiger partial charge in [0.2, 0.25) is 11.8 Å². The highest BCUT2D eigenvalue weighted by atomic mass is 19.4. The van der Waals surface area contributed by atoms with Crippen LogP contribution in [0.2, 0.25) is 0 Å². The number of carbonyl (C=O) groups is 4. The molecule has 3 amide bonds. The monoisotopic (exact) mass is 487 g/mol. The Morgan fingerprint density at radius 2 is 1.71 bits per heavy atom. The van der Waals surface area contributed by atoms with E-state index in [9.17, 15) is 32.3 Å². The van der Waals surface area contributed by atoms with Crippen molar-refractivity contribution >= 4 is 23.6 Å². The van der Waals surface area contributed by atoms with Crippen molar-refractivity contribution in [1.29, 1.82) is 0 Å². The predicted octanol–water partition coefficient (Wildman–Crippen LogP) is 2.63. The second-order valence-electron chi connectivity index (χ2n) is 8.53. The zero-order chi connectivity index (χ0) is 25.6. The Morgan fingerprint density at radius 1 is 1.09 bits per heavy atom. The van der Waals surface area contributed by atoms with E-state index in [1.54, 1.807) is 26.8 Å². The molecular formula is C22H32F3N5O4. The van der Waals surface area contributed by atoms with Crippen molar-refractivity contribution in [3.8, 4) is 0 Å². The lowest BCUT2D eigenvalue weighted by atomic mass is 10.1. The lowest BCUT2D eigenvalue weighted by Gasteiger charge is -2.29. The summed E-state index contributed by atoms with van der Waals surface area (Å²) in [5.74, 6) is -3.31. The van der Waals surface area contributed by atoms with Crippen molar-refractivity contribution in [3.05, 3.63) is 17.5 Å². The predicted molar refractivity (Wildman–Crippen MR) is 117 cm³/mol. The molecule has 1 aliphatic heterocycles. The third-order valence-corrected chi connectivity index (χ3v) is 5.70. The summed E-state index contributed by atoms with van der Waals surface area (Å²) >= 11 is 0. The van der Waals surface area contributed by atoms with Crippen LogP contribution >= 0.6 is 0 Å². The molecule has 0 aromatic carbocycles. The van der Waals surface area contributed by atoms with Crippen molar-refractivity contribution in [3.63, 3.8) is 0 Å². The fourth-order valence-electron chi connectivity index (χ4n) is 4.12. The van der Waals surface area contributed by atoms with Gasteiger partial charge in [0.1, 0.15) is 12.1 Å². The Kier molecular flexibility index (Phi) is 9.22. The van der Waals surface area contributed by atoms with Gasteiger partial charge in [-0.2, -0.15) is 23.0 Å². The number of alkyl halides is 3. The van der Waals surface area contributed by atoms with Gasteiger partial charge in [-0.3, -0.25) is 14.4 Å². The molecule has 2 rings (SSSR count). The largest absolute Gasteiger partial charge is 0.452 e. The first-order valence-corrected chi connectivity index (χ1v) is 11.5. The van der Waals surface area contributed by atoms with Crippen LogP contribution in [0.5, 0.6) is 0 Å². The van der Waals surface area contributed by atoms with E-state index in [2.05, 4.69) is 15.7 Å². The molecule has 1 aromatic rings. The Morgan fingerprint density at radius 3 is 2.24 bits per heavy atom. The molecule has 0 unspecified atom stereocenters. The van der Waals surface area contributed by atoms with Gasteiger partial charge in [0.15, 0.2) is 0 Å². The number of Topliss-reactive ketones (excluding diaryl/α,β-unsaturated/α-hetero) is 1. The van der Waals surface area contributed by atoms with Crippen LogP contribution in [-0.2, 0) is 14.4 Å². The van der Waals surface area contributed by atoms with E-state index < -0.39 is 47.9 Å². The Balaban J connectivity index is 2.15. The standard InChI is InChI=1S/C22H32F3N5O4/c1-5-8-15(18(31)22(23,24)25)26-19(32)17-10-7-11-29(17)20(33)16(9-6-2)27-21(34)30-14(4)12-13(3)28-30/h12,15-17H,5-11H2,1-4H3,(H,26,32)(H,27,34)/t15-,16-,17-/m0/s1. The number of halogens is 3. The van der Waals surface area contributed by atoms with Gasteiger partial charge in [0.25, 0.3) is 5.78 Å². The summed E-state index contributed by atoms with van der Waals surface area (Å²) in [6.45, 7) is 7.09. The normalized spacial score (nSPS) is 17.9. The third kappa shape index (κ3) is 6.57. The number of amides is 3. The van der Waals surface area contributed by atoms with E-state index in [1.807, 2.05) is 6.92 Å². The van der Waals surface area contributed by atoms with Crippen LogP contribution < -0.4 is 10.6 Å². The minimum absolute atomic E-state index is 0.165. The SMILES string of the molecule is CCC[C@H](NC(=O)n1nc(C)cc1C)C(=O)N1CCC[C@H]1C(=O)N[C@@H](CCC)C(=O)C(F)(F)F. The van der Waals surface area contributed by atoms with Gasteiger partial charge in [-0.1, -0.05) is 26.7 Å². The molecule has 0 spiro atoms. The van der Waals surface area contributed by atoms with Crippen LogP contribution in [0.4, 0.5) is 18.0 Å². The van der Waals surface area contributed by atoms with Crippen molar-refractivity contribution in [2.24, 2.45) is 0 Å². The topological polar surface area (TPSA) is 113 Å². The fourth-order valence-corrected chi connectivity index (χ4v) is 4.12. The molecule has 34 heavy (non-hydrogen) atoms. The zero-order valence-corrected chi connectivity index (χ0v) is 19.9. The van der Waals surface area contributed by atoms with E-state index in [0.29, 0.717) is 30.7 Å². The van der Waals surface area contributed by atoms with Crippen molar-refractivity contribution in [2.45, 2.75) is 90.5 Å². The van der Waals surface area contributed by atoms with E-state index in [1.165, 1.54) is 4.90 Å². The number of likely N-dealkylation sites (tertiary alicyclic amines) is 1. The molecule has 0 aliphatic carbocycles. The average Bonchev–Trinajstić information content (AvgIpc) is 3.37. The fraction of sp³-hybridized carbons (Fsp3) is 0.682. The second kappa shape index (κ2) is 11.5. The van der Waals surface area contributed by atoms with Gasteiger partial charge in [-0.15, -0.1) is 0 Å². The maximum Gasteiger partial charge on any atom is 0.452 e. The lowest BCUT2D eigenvalue weighted by molar-refractivity contribution is -0.174. The van der Waals surface area contributed by atoms with E-state index in [-0.39, 0.29) is 25.8 Å². The molecule has 190 valence electrons. The van der Waals surface area contributed by atoms with E-state index in [0.717, 1.165) is 4.68 Å². The summed E-state index contributed by atoms with van der Waals surface area (Å²) in [6.07, 6.45) is -3.38. The molecule has 1 fully saturated rings. The molecule has 1 aliphatic rings. The summed E-state index contributed by atoms with van der Waals surface area (Å²) in [5.41, 5.74) is 1.23. The van der Waals surface area contributed by atoms with Crippen LogP contribution in [0.3, 0.4) is 0 Å². The molecule has 2 heterocycles. The number of aromatic nitrogens is 2. The van der Waals surface area contributed by atoms with Gasteiger partial charge in [0.05, 0.1) is 11.7 Å². The van der Waals surface area contributed by atoms with Crippen LogP contribution in [-0.4, -0.2) is 69.2 Å². The Hall–Kier alpha value is -2.92. The van der Waals surface area contributed by atoms with Gasteiger partial charge >= 0.3 is 12.2 Å². The van der Waals surface area contributed by atoms with Crippen LogP contribution in [0.1, 0.15) is 63.8 Å². The highest BCUT2D eigenvalue weighted by Crippen LogP contribution is 2.23. The van der Waals surface area contributed by atoms with Crippen LogP contribution in [0, 0.1) is 13.8 Å². The number of hydrogen-bond donors (Lipinski definition) is 2. The first-order chi connectivity index (χ1) is 15.9. The smallest absolute Gasteiger partial charge is 0.344 e. The molecule has 9 nitrogen and oxygen atoms in total. The Labute approximate surface area is 196 Å². The zero-order valence-electron chi connectivity index (χ0n) is 19.9. The molecule has 3 atom stereocenters. The number of aryl methyl sites for hydroxylation is 2. The summed E-state index contributed by atoms with van der Waals surface area (Å²) in [5, 5.41) is 8.96. The maximum absolute atomic E-state index is 13.3. The van der Waals surface area contributed by atoms with Crippen molar-refractivity contribution in [2.75, 3.05) is 6.54 Å². The van der Waals surface area contributed by atoms with E-state index >= 15 is 0 Å². The van der Waals surface area contributed by atoms with E-state index in [4.69, 9.17) is 0 Å². The highest BCUT2D eigenvalue weighted by molar-refractivity contribution is 5.96. The summed E-state index contributed by atoms with van der Waals surface area (Å²) < 4.78 is 39.9. The van der Waals surface area contributed by atoms with Crippen molar-refractivity contribution < 1.29 is 32.3 Å². The summed E-state index contributed by atoms with van der Waals surface area (Å²) in [6, 6.07) is -2.52. The number of carbonyl (C=O) groups excluding carboxylic acids is 4. The third-order valence-electron chi connectivity index (χ3n) is 5.70. The molecular weight excluding hydrogens is 455 g/mol. The van der Waals surface area contributed by atoms with Crippen LogP contribution in [0.25, 0.3) is 0 Å². The van der Waals surface area contributed by atoms with Gasteiger partial charge < -0.3 is 15.5 Å². The number of ketones is 1. The van der Waals surface area contributed by atoms with Crippen LogP contribution in [0.15, 0.2) is 6.07 Å². The molecule has 0 radical (unpaired) electrons. The van der Waals surface area contributed by atoms with Gasteiger partial charge in [0, 0.05) is 12.2 Å². The molecule has 12 heteroatoms. The summed E-state index contributed by atoms with van der Waals surface area (Å²) in [7, 11) is 0. The minimum Gasteiger partial charge on any atom is -0.344 e. The molecule has 1 aromatic heterocycles. The number of rotatable bonds is 9. The first-order valence-electron chi connectivity index (χ1n) is 11.5. The summed E-state index contributed by atoms with van der Waals surface area (Å²) in [4.78, 5) is 51.8. The lowest BCUT2D eigenvalue weighted by Crippen LogP contribution is -2.56. The van der Waals surface area contributed by atoms with Gasteiger partial charge in [-0.05, 0) is 45.6 Å². The minimum atomic E-state index is -5.07. The molecule has 0 saturated carbocycles. The number of hydrogen-bond acceptors (Lipinski definition) is 5. The Bertz CT molecular complexity index is 915. The van der Waals surface area contributed by atoms with Crippen molar-refractivity contribution in [1.82, 2.24) is 25.3 Å². The molecule has 0 bridgehead atoms. The molecule has 2 N–H and O–H groups in total. The number of nitrogens with zero attached hydrogens (tertiary/aromatic N) is 3. The number of nitrogens with one attached hydrogen (secondary N) is 2. The second-order valence-corrected chi connectivity index (χ2v) is 8.53. The van der Waals surface area contributed by atoms with Gasteiger partial charge in [-0.25, -0.2) is 4.79 Å². The first kappa shape index (κ1) is 27.3. The maximum atomic E-state index is 13.3. The highest BCUT2D eigenvalue weighted by Gasteiger charge is 2.45. The molecule has 1 saturated heterocycles. The average molecular weight is 488 g/mol. The quantitative estimate of drug-likeness (QED) is 0.556.